The number of hydrogen-bond donors (Lipinski definition) is 1. The van der Waals surface area contributed by atoms with Gasteiger partial charge in [0.25, 0.3) is 0 Å². The molecule has 0 bridgehead atoms. The summed E-state index contributed by atoms with van der Waals surface area (Å²) in [5.41, 5.74) is 2.28. The highest BCUT2D eigenvalue weighted by Crippen LogP contribution is 2.34. The second kappa shape index (κ2) is 8.14. The molecule has 3 rings (SSSR count). The lowest BCUT2D eigenvalue weighted by molar-refractivity contribution is -0.119. The minimum atomic E-state index is -0.0163. The van der Waals surface area contributed by atoms with Gasteiger partial charge in [0, 0.05) is 36.2 Å². The van der Waals surface area contributed by atoms with Crippen LogP contribution in [-0.4, -0.2) is 36.4 Å². The number of nitrogens with one attached hydrogen (secondary N) is 1. The topological polar surface area (TPSA) is 51.2 Å². The average molecular weight is 363 g/mol. The minimum absolute atomic E-state index is 0.0163. The summed E-state index contributed by atoms with van der Waals surface area (Å²) in [6.07, 6.45) is 1.88. The molecule has 6 heteroatoms. The molecule has 1 saturated heterocycles. The highest BCUT2D eigenvalue weighted by molar-refractivity contribution is 8.01. The summed E-state index contributed by atoms with van der Waals surface area (Å²) in [7, 11) is 0. The van der Waals surface area contributed by atoms with Crippen LogP contribution in [-0.2, 0) is 14.9 Å². The number of carbonyl (C=O) groups excluding carboxylic acids is 1. The van der Waals surface area contributed by atoms with E-state index in [4.69, 9.17) is 4.74 Å². The van der Waals surface area contributed by atoms with Crippen molar-refractivity contribution in [3.63, 3.8) is 0 Å². The first-order valence-electron chi connectivity index (χ1n) is 8.13. The predicted molar refractivity (Wildman–Crippen MR) is 98.8 cm³/mol. The minimum Gasteiger partial charge on any atom is -0.381 e. The van der Waals surface area contributed by atoms with Crippen LogP contribution in [0.2, 0.25) is 0 Å². The summed E-state index contributed by atoms with van der Waals surface area (Å²) < 4.78 is 6.49. The number of aromatic nitrogens is 1. The molecule has 2 aromatic rings. The van der Waals surface area contributed by atoms with Crippen molar-refractivity contribution in [1.29, 1.82) is 0 Å². The summed E-state index contributed by atoms with van der Waals surface area (Å²) in [6.45, 7) is 4.13. The fourth-order valence-electron chi connectivity index (χ4n) is 2.97. The number of carbonyl (C=O) groups is 1. The first-order chi connectivity index (χ1) is 11.7. The molecule has 0 spiro atoms. The van der Waals surface area contributed by atoms with Gasteiger partial charge in [-0.25, -0.2) is 4.98 Å². The summed E-state index contributed by atoms with van der Waals surface area (Å²) in [5, 5.41) is 5.14. The van der Waals surface area contributed by atoms with E-state index >= 15 is 0 Å². The van der Waals surface area contributed by atoms with E-state index in [1.54, 1.807) is 11.3 Å². The van der Waals surface area contributed by atoms with E-state index in [1.807, 2.05) is 18.4 Å². The first-order valence-corrected chi connectivity index (χ1v) is 9.99. The molecule has 1 aliphatic heterocycles. The van der Waals surface area contributed by atoms with E-state index in [9.17, 15) is 4.79 Å². The lowest BCUT2D eigenvalue weighted by Crippen LogP contribution is -2.45. The van der Waals surface area contributed by atoms with Crippen LogP contribution in [0.15, 0.2) is 40.1 Å². The summed E-state index contributed by atoms with van der Waals surface area (Å²) in [6, 6.07) is 10.5. The Hall–Kier alpha value is -1.37. The fraction of sp³-hybridized carbons (Fsp3) is 0.444. The molecule has 1 aromatic heterocycles. The number of ether oxygens (including phenoxy) is 1. The zero-order chi connectivity index (χ0) is 16.8. The zero-order valence-corrected chi connectivity index (χ0v) is 15.4. The third kappa shape index (κ3) is 4.37. The van der Waals surface area contributed by atoms with Gasteiger partial charge < -0.3 is 10.1 Å². The van der Waals surface area contributed by atoms with Gasteiger partial charge in [0.15, 0.2) is 4.34 Å². The van der Waals surface area contributed by atoms with Crippen LogP contribution in [0, 0.1) is 6.92 Å². The molecule has 0 atom stereocenters. The molecule has 1 N–H and O–H groups in total. The number of amides is 1. The maximum Gasteiger partial charge on any atom is 0.230 e. The van der Waals surface area contributed by atoms with Crippen molar-refractivity contribution in [3.8, 4) is 0 Å². The van der Waals surface area contributed by atoms with Gasteiger partial charge in [0.2, 0.25) is 5.91 Å². The molecule has 1 fully saturated rings. The Morgan fingerprint density at radius 1 is 1.33 bits per heavy atom. The van der Waals surface area contributed by atoms with Crippen molar-refractivity contribution in [2.75, 3.05) is 25.5 Å². The third-order valence-electron chi connectivity index (χ3n) is 4.38. The number of hydrogen-bond acceptors (Lipinski definition) is 5. The number of thiazole rings is 1. The van der Waals surface area contributed by atoms with Crippen LogP contribution in [0.4, 0.5) is 0 Å². The molecule has 1 amide bonds. The van der Waals surface area contributed by atoms with Crippen LogP contribution in [0.3, 0.4) is 0 Å². The van der Waals surface area contributed by atoms with E-state index in [-0.39, 0.29) is 11.3 Å². The largest absolute Gasteiger partial charge is 0.381 e. The lowest BCUT2D eigenvalue weighted by atomic mass is 9.74. The molecule has 4 nitrogen and oxygen atoms in total. The standard InChI is InChI=1S/C18H22N2O2S2/c1-14-11-23-17(20-14)24-12-16(21)19-13-18(7-9-22-10-8-18)15-5-3-2-4-6-15/h2-6,11H,7-10,12-13H2,1H3,(H,19,21). The molecule has 2 heterocycles. The fourth-order valence-corrected chi connectivity index (χ4v) is 4.65. The smallest absolute Gasteiger partial charge is 0.230 e. The van der Waals surface area contributed by atoms with Crippen molar-refractivity contribution in [1.82, 2.24) is 10.3 Å². The van der Waals surface area contributed by atoms with Crippen molar-refractivity contribution in [2.45, 2.75) is 29.5 Å². The molecule has 0 saturated carbocycles. The monoisotopic (exact) mass is 362 g/mol. The van der Waals surface area contributed by atoms with Gasteiger partial charge in [-0.15, -0.1) is 11.3 Å². The maximum atomic E-state index is 12.3. The van der Waals surface area contributed by atoms with Crippen molar-refractivity contribution in [3.05, 3.63) is 47.0 Å². The molecular formula is C18H22N2O2S2. The molecule has 0 aliphatic carbocycles. The summed E-state index contributed by atoms with van der Waals surface area (Å²) >= 11 is 3.09. The Balaban J connectivity index is 1.58. The number of rotatable bonds is 6. The molecule has 1 aromatic carbocycles. The van der Waals surface area contributed by atoms with Gasteiger partial charge in [-0.3, -0.25) is 4.79 Å². The Labute approximate surface area is 151 Å². The van der Waals surface area contributed by atoms with Crippen molar-refractivity contribution < 1.29 is 9.53 Å². The van der Waals surface area contributed by atoms with E-state index in [0.29, 0.717) is 12.3 Å². The van der Waals surface area contributed by atoms with Crippen LogP contribution in [0.5, 0.6) is 0 Å². The first kappa shape index (κ1) is 17.5. The Bertz CT molecular complexity index is 667. The van der Waals surface area contributed by atoms with Crippen LogP contribution >= 0.6 is 23.1 Å². The SMILES string of the molecule is Cc1csc(SCC(=O)NCC2(c3ccccc3)CCOCC2)n1. The number of thioether (sulfide) groups is 1. The average Bonchev–Trinajstić information content (AvgIpc) is 3.05. The predicted octanol–water partition coefficient (Wildman–Crippen LogP) is 3.41. The highest BCUT2D eigenvalue weighted by Gasteiger charge is 2.34. The van der Waals surface area contributed by atoms with Gasteiger partial charge in [-0.1, -0.05) is 42.1 Å². The van der Waals surface area contributed by atoms with Gasteiger partial charge >= 0.3 is 0 Å². The van der Waals surface area contributed by atoms with E-state index in [1.165, 1.54) is 17.3 Å². The number of aryl methyl sites for hydroxylation is 1. The molecule has 128 valence electrons. The third-order valence-corrected chi connectivity index (χ3v) is 6.52. The molecule has 1 aliphatic rings. The normalized spacial score (nSPS) is 16.7. The Kier molecular flexibility index (Phi) is 5.92. The van der Waals surface area contributed by atoms with E-state index in [2.05, 4.69) is 34.6 Å². The van der Waals surface area contributed by atoms with Gasteiger partial charge in [-0.05, 0) is 25.3 Å². The lowest BCUT2D eigenvalue weighted by Gasteiger charge is -2.38. The van der Waals surface area contributed by atoms with Crippen LogP contribution < -0.4 is 5.32 Å². The zero-order valence-electron chi connectivity index (χ0n) is 13.8. The summed E-state index contributed by atoms with van der Waals surface area (Å²) in [5.74, 6) is 0.476. The number of benzene rings is 1. The maximum absolute atomic E-state index is 12.3. The molecule has 24 heavy (non-hydrogen) atoms. The quantitative estimate of drug-likeness (QED) is 0.800. The van der Waals surface area contributed by atoms with Crippen LogP contribution in [0.1, 0.15) is 24.1 Å². The van der Waals surface area contributed by atoms with Gasteiger partial charge in [0.05, 0.1) is 5.75 Å². The highest BCUT2D eigenvalue weighted by atomic mass is 32.2. The Morgan fingerprint density at radius 3 is 2.75 bits per heavy atom. The molecule has 0 unspecified atom stereocenters. The van der Waals surface area contributed by atoms with E-state index in [0.717, 1.165) is 36.1 Å². The molecular weight excluding hydrogens is 340 g/mol. The molecule has 0 radical (unpaired) electrons. The summed E-state index contributed by atoms with van der Waals surface area (Å²) in [4.78, 5) is 16.6. The van der Waals surface area contributed by atoms with Crippen molar-refractivity contribution >= 4 is 29.0 Å². The van der Waals surface area contributed by atoms with Gasteiger partial charge in [0.1, 0.15) is 0 Å². The second-order valence-corrected chi connectivity index (χ2v) is 8.16. The number of nitrogens with zero attached hydrogens (tertiary/aromatic N) is 1. The van der Waals surface area contributed by atoms with Gasteiger partial charge in [-0.2, -0.15) is 0 Å². The Morgan fingerprint density at radius 2 is 2.08 bits per heavy atom. The second-order valence-electron chi connectivity index (χ2n) is 6.08. The van der Waals surface area contributed by atoms with E-state index < -0.39 is 0 Å². The van der Waals surface area contributed by atoms with Crippen molar-refractivity contribution in [2.24, 2.45) is 0 Å². The van der Waals surface area contributed by atoms with Crippen LogP contribution in [0.25, 0.3) is 0 Å².